The van der Waals surface area contributed by atoms with Gasteiger partial charge in [0.2, 0.25) is 0 Å². The minimum atomic E-state index is -0.399. The average molecular weight is 353 g/mol. The number of ether oxygens (including phenoxy) is 2. The Hall–Kier alpha value is -1.46. The molecular formula is C15H13BrO3S. The van der Waals surface area contributed by atoms with E-state index in [0.717, 1.165) is 5.75 Å². The fourth-order valence-electron chi connectivity index (χ4n) is 1.56. The maximum absolute atomic E-state index is 11.9. The molecule has 0 saturated carbocycles. The normalized spacial score (nSPS) is 10.1. The lowest BCUT2D eigenvalue weighted by Gasteiger charge is -2.08. The van der Waals surface area contributed by atoms with Gasteiger partial charge in [-0.3, -0.25) is 0 Å². The second-order valence-corrected chi connectivity index (χ2v) is 5.33. The van der Waals surface area contributed by atoms with E-state index in [1.54, 1.807) is 18.2 Å². The molecule has 104 valence electrons. The third-order valence-corrected chi connectivity index (χ3v) is 3.47. The van der Waals surface area contributed by atoms with Gasteiger partial charge in [-0.15, -0.1) is 12.6 Å². The molecule has 0 saturated heterocycles. The van der Waals surface area contributed by atoms with Gasteiger partial charge in [0.05, 0.1) is 5.56 Å². The van der Waals surface area contributed by atoms with E-state index in [1.165, 1.54) is 0 Å². The Morgan fingerprint density at radius 1 is 1.10 bits per heavy atom. The van der Waals surface area contributed by atoms with Gasteiger partial charge in [-0.1, -0.05) is 18.2 Å². The van der Waals surface area contributed by atoms with Gasteiger partial charge in [0.15, 0.2) is 0 Å². The SMILES string of the molecule is O=C(OCCOc1ccccc1)c1cc(S)ccc1Br. The van der Waals surface area contributed by atoms with Crippen LogP contribution in [0.2, 0.25) is 0 Å². The van der Waals surface area contributed by atoms with Gasteiger partial charge in [0, 0.05) is 9.37 Å². The summed E-state index contributed by atoms with van der Waals surface area (Å²) in [4.78, 5) is 12.6. The van der Waals surface area contributed by atoms with Crippen LogP contribution < -0.4 is 4.74 Å². The summed E-state index contributed by atoms with van der Waals surface area (Å²) in [7, 11) is 0. The van der Waals surface area contributed by atoms with Gasteiger partial charge in [-0.2, -0.15) is 0 Å². The van der Waals surface area contributed by atoms with E-state index in [-0.39, 0.29) is 6.61 Å². The molecule has 20 heavy (non-hydrogen) atoms. The van der Waals surface area contributed by atoms with Crippen molar-refractivity contribution in [2.75, 3.05) is 13.2 Å². The summed E-state index contributed by atoms with van der Waals surface area (Å²) in [6, 6.07) is 14.6. The number of para-hydroxylation sites is 1. The molecule has 0 spiro atoms. The fraction of sp³-hybridized carbons (Fsp3) is 0.133. The highest BCUT2D eigenvalue weighted by Gasteiger charge is 2.11. The first-order chi connectivity index (χ1) is 9.66. The van der Waals surface area contributed by atoms with Crippen LogP contribution in [0.15, 0.2) is 57.9 Å². The van der Waals surface area contributed by atoms with Gasteiger partial charge < -0.3 is 9.47 Å². The molecule has 0 amide bonds. The standard InChI is InChI=1S/C15H13BrO3S/c16-14-7-6-12(20)10-13(14)15(17)19-9-8-18-11-4-2-1-3-5-11/h1-7,10,20H,8-9H2. The minimum absolute atomic E-state index is 0.191. The Kier molecular flexibility index (Phi) is 5.49. The Labute approximate surface area is 131 Å². The van der Waals surface area contributed by atoms with Gasteiger partial charge in [-0.05, 0) is 46.3 Å². The monoisotopic (exact) mass is 352 g/mol. The largest absolute Gasteiger partial charge is 0.490 e. The van der Waals surface area contributed by atoms with Crippen LogP contribution in [-0.2, 0) is 4.74 Å². The van der Waals surface area contributed by atoms with E-state index in [4.69, 9.17) is 9.47 Å². The second kappa shape index (κ2) is 7.36. The first-order valence-electron chi connectivity index (χ1n) is 6.00. The molecule has 0 fully saturated rings. The predicted octanol–water partition coefficient (Wildman–Crippen LogP) is 3.97. The van der Waals surface area contributed by atoms with Crippen molar-refractivity contribution in [3.63, 3.8) is 0 Å². The molecule has 0 aromatic heterocycles. The number of esters is 1. The van der Waals surface area contributed by atoms with E-state index < -0.39 is 5.97 Å². The first-order valence-corrected chi connectivity index (χ1v) is 7.24. The number of halogens is 1. The van der Waals surface area contributed by atoms with Gasteiger partial charge in [-0.25, -0.2) is 4.79 Å². The quantitative estimate of drug-likeness (QED) is 0.502. The highest BCUT2D eigenvalue weighted by molar-refractivity contribution is 9.10. The summed E-state index contributed by atoms with van der Waals surface area (Å²) < 4.78 is 11.3. The number of thiol groups is 1. The van der Waals surface area contributed by atoms with E-state index in [9.17, 15) is 4.79 Å². The predicted molar refractivity (Wildman–Crippen MR) is 83.6 cm³/mol. The zero-order valence-corrected chi connectivity index (χ0v) is 13.1. The molecule has 0 aliphatic heterocycles. The van der Waals surface area contributed by atoms with Crippen molar-refractivity contribution in [2.45, 2.75) is 4.90 Å². The lowest BCUT2D eigenvalue weighted by atomic mass is 10.2. The van der Waals surface area contributed by atoms with Gasteiger partial charge in [0.25, 0.3) is 0 Å². The molecule has 0 radical (unpaired) electrons. The maximum Gasteiger partial charge on any atom is 0.339 e. The summed E-state index contributed by atoms with van der Waals surface area (Å²) in [6.07, 6.45) is 0. The van der Waals surface area contributed by atoms with Crippen molar-refractivity contribution < 1.29 is 14.3 Å². The summed E-state index contributed by atoms with van der Waals surface area (Å²) >= 11 is 7.51. The van der Waals surface area contributed by atoms with Crippen molar-refractivity contribution in [2.24, 2.45) is 0 Å². The third-order valence-electron chi connectivity index (χ3n) is 2.50. The van der Waals surface area contributed by atoms with E-state index in [0.29, 0.717) is 21.5 Å². The molecule has 5 heteroatoms. The number of benzene rings is 2. The van der Waals surface area contributed by atoms with Crippen molar-refractivity contribution >= 4 is 34.5 Å². The molecule has 2 aromatic rings. The summed E-state index contributed by atoms with van der Waals surface area (Å²) in [5, 5.41) is 0. The number of carbonyl (C=O) groups is 1. The Bertz CT molecular complexity index is 587. The van der Waals surface area contributed by atoms with E-state index in [2.05, 4.69) is 28.6 Å². The fourth-order valence-corrected chi connectivity index (χ4v) is 2.17. The van der Waals surface area contributed by atoms with E-state index >= 15 is 0 Å². The second-order valence-electron chi connectivity index (χ2n) is 3.96. The zero-order chi connectivity index (χ0) is 14.4. The molecule has 0 bridgehead atoms. The number of rotatable bonds is 5. The lowest BCUT2D eigenvalue weighted by Crippen LogP contribution is -2.12. The average Bonchev–Trinajstić information content (AvgIpc) is 2.47. The number of hydrogen-bond donors (Lipinski definition) is 1. The van der Waals surface area contributed by atoms with Crippen molar-refractivity contribution in [3.05, 3.63) is 58.6 Å². The lowest BCUT2D eigenvalue weighted by molar-refractivity contribution is 0.0449. The number of carbonyl (C=O) groups excluding carboxylic acids is 1. The third kappa shape index (κ3) is 4.28. The molecule has 2 rings (SSSR count). The molecule has 0 aliphatic carbocycles. The zero-order valence-electron chi connectivity index (χ0n) is 10.6. The minimum Gasteiger partial charge on any atom is -0.490 e. The van der Waals surface area contributed by atoms with Gasteiger partial charge in [0.1, 0.15) is 19.0 Å². The van der Waals surface area contributed by atoms with Crippen LogP contribution in [0, 0.1) is 0 Å². The van der Waals surface area contributed by atoms with Crippen LogP contribution >= 0.6 is 28.6 Å². The molecule has 2 aromatic carbocycles. The molecule has 0 atom stereocenters. The molecule has 0 heterocycles. The molecule has 0 unspecified atom stereocenters. The molecule has 0 aliphatic rings. The van der Waals surface area contributed by atoms with Crippen LogP contribution in [-0.4, -0.2) is 19.2 Å². The van der Waals surface area contributed by atoms with E-state index in [1.807, 2.05) is 30.3 Å². The maximum atomic E-state index is 11.9. The number of hydrogen-bond acceptors (Lipinski definition) is 4. The summed E-state index contributed by atoms with van der Waals surface area (Å²) in [6.45, 7) is 0.505. The van der Waals surface area contributed by atoms with Crippen LogP contribution in [0.25, 0.3) is 0 Å². The van der Waals surface area contributed by atoms with Crippen LogP contribution in [0.4, 0.5) is 0 Å². The Morgan fingerprint density at radius 2 is 1.85 bits per heavy atom. The van der Waals surface area contributed by atoms with Crippen LogP contribution in [0.1, 0.15) is 10.4 Å². The van der Waals surface area contributed by atoms with Crippen LogP contribution in [0.5, 0.6) is 5.75 Å². The van der Waals surface area contributed by atoms with Crippen LogP contribution in [0.3, 0.4) is 0 Å². The summed E-state index contributed by atoms with van der Waals surface area (Å²) in [5.74, 6) is 0.353. The van der Waals surface area contributed by atoms with Crippen molar-refractivity contribution in [1.82, 2.24) is 0 Å². The topological polar surface area (TPSA) is 35.5 Å². The summed E-state index contributed by atoms with van der Waals surface area (Å²) in [5.41, 5.74) is 0.456. The Morgan fingerprint density at radius 3 is 2.60 bits per heavy atom. The van der Waals surface area contributed by atoms with Crippen molar-refractivity contribution in [3.8, 4) is 5.75 Å². The highest BCUT2D eigenvalue weighted by Crippen LogP contribution is 2.21. The first kappa shape index (κ1) is 14.9. The Balaban J connectivity index is 1.82. The molecule has 0 N–H and O–H groups in total. The smallest absolute Gasteiger partial charge is 0.339 e. The van der Waals surface area contributed by atoms with Gasteiger partial charge >= 0.3 is 5.97 Å². The molecular weight excluding hydrogens is 340 g/mol. The molecule has 3 nitrogen and oxygen atoms in total. The van der Waals surface area contributed by atoms with Crippen molar-refractivity contribution in [1.29, 1.82) is 0 Å². The highest BCUT2D eigenvalue weighted by atomic mass is 79.9.